The van der Waals surface area contributed by atoms with Crippen molar-refractivity contribution in [2.45, 2.75) is 45.3 Å². The molecule has 0 aromatic rings. The zero-order valence-corrected chi connectivity index (χ0v) is 16.2. The molecular formula is C13H24I2O4. The van der Waals surface area contributed by atoms with Crippen molar-refractivity contribution < 1.29 is 19.0 Å². The average molecular weight is 498 g/mol. The van der Waals surface area contributed by atoms with E-state index in [-0.39, 0.29) is 12.6 Å². The number of hydrogen-bond acceptors (Lipinski definition) is 4. The molecule has 0 heterocycles. The molecule has 1 unspecified atom stereocenters. The van der Waals surface area contributed by atoms with E-state index in [1.165, 1.54) is 0 Å². The molecule has 0 rings (SSSR count). The van der Waals surface area contributed by atoms with Crippen molar-refractivity contribution in [3.63, 3.8) is 0 Å². The summed E-state index contributed by atoms with van der Waals surface area (Å²) in [6, 6.07) is 0. The highest BCUT2D eigenvalue weighted by Crippen LogP contribution is 2.11. The molecule has 0 aromatic carbocycles. The van der Waals surface area contributed by atoms with Crippen LogP contribution in [0.25, 0.3) is 0 Å². The van der Waals surface area contributed by atoms with E-state index in [1.54, 1.807) is 0 Å². The monoisotopic (exact) mass is 498 g/mol. The second-order valence-corrected chi connectivity index (χ2v) is 7.21. The predicted molar refractivity (Wildman–Crippen MR) is 93.4 cm³/mol. The van der Waals surface area contributed by atoms with Gasteiger partial charge in [-0.15, -0.1) is 0 Å². The predicted octanol–water partition coefficient (Wildman–Crippen LogP) is 3.38. The molecule has 4 nitrogen and oxygen atoms in total. The molecule has 0 N–H and O–H groups in total. The summed E-state index contributed by atoms with van der Waals surface area (Å²) in [5.41, 5.74) is -0.496. The Morgan fingerprint density at radius 1 is 1.11 bits per heavy atom. The fourth-order valence-corrected chi connectivity index (χ4v) is 1.80. The minimum absolute atomic E-state index is 0.271. The maximum atomic E-state index is 12.0. The molecule has 114 valence electrons. The van der Waals surface area contributed by atoms with Gasteiger partial charge in [-0.3, -0.25) is 0 Å². The molecule has 6 heteroatoms. The van der Waals surface area contributed by atoms with Crippen molar-refractivity contribution >= 4 is 51.2 Å². The van der Waals surface area contributed by atoms with Crippen molar-refractivity contribution in [1.82, 2.24) is 0 Å². The largest absolute Gasteiger partial charge is 0.458 e. The molecular weight excluding hydrogens is 474 g/mol. The van der Waals surface area contributed by atoms with E-state index < -0.39 is 11.7 Å². The molecule has 0 aliphatic heterocycles. The Balaban J connectivity index is 4.18. The number of rotatable bonds is 10. The van der Waals surface area contributed by atoms with E-state index >= 15 is 0 Å². The summed E-state index contributed by atoms with van der Waals surface area (Å²) in [6.07, 6.45) is 1.29. The molecule has 0 saturated carbocycles. The van der Waals surface area contributed by atoms with E-state index in [0.29, 0.717) is 13.2 Å². The highest BCUT2D eigenvalue weighted by atomic mass is 127. The van der Waals surface area contributed by atoms with E-state index in [2.05, 4.69) is 45.2 Å². The van der Waals surface area contributed by atoms with Gasteiger partial charge in [0, 0.05) is 22.1 Å². The lowest BCUT2D eigenvalue weighted by Crippen LogP contribution is -2.36. The summed E-state index contributed by atoms with van der Waals surface area (Å²) >= 11 is 4.58. The third-order valence-corrected chi connectivity index (χ3v) is 3.48. The van der Waals surface area contributed by atoms with Gasteiger partial charge in [-0.1, -0.05) is 45.2 Å². The molecule has 0 saturated heterocycles. The van der Waals surface area contributed by atoms with E-state index in [0.717, 1.165) is 21.7 Å². The topological polar surface area (TPSA) is 44.8 Å². The molecule has 0 aliphatic carbocycles. The van der Waals surface area contributed by atoms with Gasteiger partial charge in [0.2, 0.25) is 0 Å². The number of ether oxygens (including phenoxy) is 3. The van der Waals surface area contributed by atoms with Gasteiger partial charge in [0.25, 0.3) is 0 Å². The van der Waals surface area contributed by atoms with Gasteiger partial charge < -0.3 is 14.2 Å². The van der Waals surface area contributed by atoms with Crippen LogP contribution in [0, 0.1) is 0 Å². The molecule has 0 radical (unpaired) electrons. The molecule has 0 aliphatic rings. The first-order valence-corrected chi connectivity index (χ1v) is 9.50. The van der Waals surface area contributed by atoms with Crippen LogP contribution in [0.1, 0.15) is 33.6 Å². The van der Waals surface area contributed by atoms with Gasteiger partial charge in [0.1, 0.15) is 5.60 Å². The van der Waals surface area contributed by atoms with Crippen LogP contribution in [0.15, 0.2) is 0 Å². The van der Waals surface area contributed by atoms with Crippen molar-refractivity contribution in [2.75, 3.05) is 28.7 Å². The zero-order chi connectivity index (χ0) is 14.7. The number of alkyl halides is 2. The molecule has 0 aromatic heterocycles. The van der Waals surface area contributed by atoms with Gasteiger partial charge in [-0.05, 0) is 33.6 Å². The summed E-state index contributed by atoms with van der Waals surface area (Å²) < 4.78 is 18.4. The van der Waals surface area contributed by atoms with Crippen molar-refractivity contribution in [3.05, 3.63) is 0 Å². The van der Waals surface area contributed by atoms with Crippen LogP contribution in [0.2, 0.25) is 0 Å². The van der Waals surface area contributed by atoms with Gasteiger partial charge in [-0.25, -0.2) is 4.79 Å². The van der Waals surface area contributed by atoms with Gasteiger partial charge in [0.05, 0.1) is 6.61 Å². The van der Waals surface area contributed by atoms with Crippen LogP contribution in [0.5, 0.6) is 0 Å². The lowest BCUT2D eigenvalue weighted by atomic mass is 10.2. The number of esters is 1. The Kier molecular flexibility index (Phi) is 12.0. The van der Waals surface area contributed by atoms with E-state index in [9.17, 15) is 4.79 Å². The lowest BCUT2D eigenvalue weighted by Gasteiger charge is -2.24. The lowest BCUT2D eigenvalue weighted by molar-refractivity contribution is -0.172. The van der Waals surface area contributed by atoms with Gasteiger partial charge in [-0.2, -0.15) is 0 Å². The van der Waals surface area contributed by atoms with Gasteiger partial charge >= 0.3 is 5.97 Å². The van der Waals surface area contributed by atoms with Crippen molar-refractivity contribution in [2.24, 2.45) is 0 Å². The first-order chi connectivity index (χ1) is 8.90. The quantitative estimate of drug-likeness (QED) is 0.201. The average Bonchev–Trinajstić information content (AvgIpc) is 2.30. The normalized spacial score (nSPS) is 13.3. The maximum Gasteiger partial charge on any atom is 0.338 e. The first kappa shape index (κ1) is 19.9. The highest BCUT2D eigenvalue weighted by Gasteiger charge is 2.25. The van der Waals surface area contributed by atoms with Crippen molar-refractivity contribution in [1.29, 1.82) is 0 Å². The minimum Gasteiger partial charge on any atom is -0.458 e. The number of halogens is 2. The zero-order valence-electron chi connectivity index (χ0n) is 11.9. The van der Waals surface area contributed by atoms with Crippen LogP contribution in [-0.4, -0.2) is 46.4 Å². The Morgan fingerprint density at radius 3 is 2.21 bits per heavy atom. The number of carbonyl (C=O) groups is 1. The summed E-state index contributed by atoms with van der Waals surface area (Å²) in [6.45, 7) is 7.03. The summed E-state index contributed by atoms with van der Waals surface area (Å²) in [5.74, 6) is -0.338. The smallest absolute Gasteiger partial charge is 0.338 e. The number of carbonyl (C=O) groups excluding carboxylic acids is 1. The third-order valence-electron chi connectivity index (χ3n) is 1.96. The highest BCUT2D eigenvalue weighted by molar-refractivity contribution is 14.1. The third kappa shape index (κ3) is 12.3. The summed E-state index contributed by atoms with van der Waals surface area (Å²) in [7, 11) is 0. The molecule has 19 heavy (non-hydrogen) atoms. The standard InChI is InChI=1S/C13H24I2O4/c1-13(2,3)19-12(16)11(18-9-5-7-15)10-17-8-4-6-14/h11H,4-10H2,1-3H3. The van der Waals surface area contributed by atoms with Gasteiger partial charge in [0.15, 0.2) is 6.10 Å². The van der Waals surface area contributed by atoms with E-state index in [1.807, 2.05) is 20.8 Å². The minimum atomic E-state index is -0.614. The first-order valence-electron chi connectivity index (χ1n) is 6.45. The van der Waals surface area contributed by atoms with Crippen LogP contribution in [0.4, 0.5) is 0 Å². The van der Waals surface area contributed by atoms with Crippen LogP contribution in [-0.2, 0) is 19.0 Å². The fourth-order valence-electron chi connectivity index (χ4n) is 1.18. The number of hydrogen-bond donors (Lipinski definition) is 0. The molecule has 0 fully saturated rings. The van der Waals surface area contributed by atoms with Crippen LogP contribution < -0.4 is 0 Å². The molecule has 1 atom stereocenters. The SMILES string of the molecule is CC(C)(C)OC(=O)C(COCCCI)OCCCI. The molecule has 0 spiro atoms. The van der Waals surface area contributed by atoms with Crippen molar-refractivity contribution in [3.8, 4) is 0 Å². The summed E-state index contributed by atoms with van der Waals surface area (Å²) in [4.78, 5) is 12.0. The second kappa shape index (κ2) is 11.5. The Bertz CT molecular complexity index is 241. The second-order valence-electron chi connectivity index (χ2n) is 5.05. The Morgan fingerprint density at radius 2 is 1.68 bits per heavy atom. The Hall–Kier alpha value is 0.850. The summed E-state index contributed by atoms with van der Waals surface area (Å²) in [5, 5.41) is 0. The Labute approximate surface area is 143 Å². The van der Waals surface area contributed by atoms with E-state index in [4.69, 9.17) is 14.2 Å². The molecule has 0 amide bonds. The maximum absolute atomic E-state index is 12.0. The molecule has 0 bridgehead atoms. The van der Waals surface area contributed by atoms with Crippen LogP contribution >= 0.6 is 45.2 Å². The van der Waals surface area contributed by atoms with Crippen LogP contribution in [0.3, 0.4) is 0 Å². The fraction of sp³-hybridized carbons (Fsp3) is 0.923.